The maximum Gasteiger partial charge on any atom is 0.258 e. The molecule has 2 amide bonds. The summed E-state index contributed by atoms with van der Waals surface area (Å²) in [5.74, 6) is 0.00259. The second-order valence-electron chi connectivity index (χ2n) is 6.20. The van der Waals surface area contributed by atoms with Gasteiger partial charge in [-0.2, -0.15) is 0 Å². The minimum absolute atomic E-state index is 0.0275. The van der Waals surface area contributed by atoms with Crippen molar-refractivity contribution in [2.45, 2.75) is 12.3 Å². The Labute approximate surface area is 168 Å². The molecule has 3 N–H and O–H groups in total. The first-order chi connectivity index (χ1) is 13.5. The number of pyridine rings is 1. The predicted molar refractivity (Wildman–Crippen MR) is 102 cm³/mol. The van der Waals surface area contributed by atoms with Gasteiger partial charge in [0.25, 0.3) is 5.91 Å². The molecule has 0 saturated heterocycles. The van der Waals surface area contributed by atoms with Gasteiger partial charge in [0.05, 0.1) is 15.6 Å². The number of amides is 2. The summed E-state index contributed by atoms with van der Waals surface area (Å²) in [5, 5.41) is 19.4. The summed E-state index contributed by atoms with van der Waals surface area (Å²) in [5.41, 5.74) is 0.618. The minimum Gasteiger partial charge on any atom is -0.322 e. The number of rotatable bonds is 5. The van der Waals surface area contributed by atoms with E-state index in [1.165, 1.54) is 6.20 Å². The number of halogens is 2. The van der Waals surface area contributed by atoms with Crippen LogP contribution in [0.5, 0.6) is 0 Å². The normalized spacial score (nSPS) is 17.8. The van der Waals surface area contributed by atoms with Gasteiger partial charge in [-0.15, -0.1) is 5.10 Å². The molecule has 0 unspecified atom stereocenters. The van der Waals surface area contributed by atoms with Crippen LogP contribution in [-0.2, 0) is 4.79 Å². The van der Waals surface area contributed by atoms with E-state index >= 15 is 0 Å². The number of tetrazole rings is 1. The number of nitrogens with zero attached hydrogens (tertiary/aromatic N) is 4. The molecule has 1 aliphatic rings. The molecule has 1 aliphatic carbocycles. The third-order valence-corrected chi connectivity index (χ3v) is 4.93. The molecule has 142 valence electrons. The molecule has 3 aromatic rings. The van der Waals surface area contributed by atoms with Gasteiger partial charge in [0, 0.05) is 29.8 Å². The molecule has 1 saturated carbocycles. The molecule has 2 atom stereocenters. The topological polar surface area (TPSA) is 126 Å². The number of carbonyl (C=O) groups is 2. The highest BCUT2D eigenvalue weighted by Gasteiger charge is 2.46. The van der Waals surface area contributed by atoms with Crippen LogP contribution in [0.25, 0.3) is 0 Å². The van der Waals surface area contributed by atoms with Crippen LogP contribution in [0.3, 0.4) is 0 Å². The van der Waals surface area contributed by atoms with Gasteiger partial charge < -0.3 is 10.6 Å². The number of carbonyl (C=O) groups excluding carboxylic acids is 2. The van der Waals surface area contributed by atoms with Crippen LogP contribution in [0.1, 0.15) is 28.5 Å². The predicted octanol–water partition coefficient (Wildman–Crippen LogP) is 2.90. The van der Waals surface area contributed by atoms with Crippen LogP contribution in [0.2, 0.25) is 10.0 Å². The number of hydrogen-bond donors (Lipinski definition) is 3. The molecule has 2 heterocycles. The van der Waals surface area contributed by atoms with Crippen molar-refractivity contribution in [2.24, 2.45) is 5.92 Å². The van der Waals surface area contributed by atoms with E-state index in [0.717, 1.165) is 0 Å². The first-order valence-corrected chi connectivity index (χ1v) is 9.04. The van der Waals surface area contributed by atoms with E-state index in [0.29, 0.717) is 23.8 Å². The number of aromatic amines is 1. The fraction of sp³-hybridized carbons (Fsp3) is 0.176. The van der Waals surface area contributed by atoms with Gasteiger partial charge in [0.15, 0.2) is 5.82 Å². The quantitative estimate of drug-likeness (QED) is 0.585. The van der Waals surface area contributed by atoms with Crippen molar-refractivity contribution < 1.29 is 9.59 Å². The van der Waals surface area contributed by atoms with E-state index in [2.05, 4.69) is 36.2 Å². The highest BCUT2D eigenvalue weighted by atomic mass is 35.5. The third kappa shape index (κ3) is 3.80. The molecule has 2 aromatic heterocycles. The second kappa shape index (κ2) is 7.53. The number of aromatic nitrogens is 5. The summed E-state index contributed by atoms with van der Waals surface area (Å²) in [6.07, 6.45) is 2.13. The maximum atomic E-state index is 12.5. The van der Waals surface area contributed by atoms with Crippen molar-refractivity contribution >= 4 is 46.5 Å². The molecule has 9 nitrogen and oxygen atoms in total. The Kier molecular flexibility index (Phi) is 4.93. The van der Waals surface area contributed by atoms with E-state index in [-0.39, 0.29) is 33.4 Å². The van der Waals surface area contributed by atoms with Crippen molar-refractivity contribution in [3.05, 3.63) is 58.0 Å². The third-order valence-electron chi connectivity index (χ3n) is 4.30. The standard InChI is InChI=1S/C17H13Cl2N7O2/c18-11-2-1-3-12(19)14(11)17(28)21-8-4-5-20-13(6-8)22-16(27)10-7-9(10)15-23-25-26-24-15/h1-6,9-10H,7H2,(H,23,24,25,26)(H2,20,21,22,27,28)/t9-,10-/m1/s1. The zero-order valence-electron chi connectivity index (χ0n) is 14.2. The second-order valence-corrected chi connectivity index (χ2v) is 7.02. The Hall–Kier alpha value is -3.04. The Morgan fingerprint density at radius 3 is 2.64 bits per heavy atom. The van der Waals surface area contributed by atoms with E-state index < -0.39 is 5.91 Å². The van der Waals surface area contributed by atoms with E-state index in [9.17, 15) is 9.59 Å². The van der Waals surface area contributed by atoms with Gasteiger partial charge >= 0.3 is 0 Å². The zero-order chi connectivity index (χ0) is 19.7. The lowest BCUT2D eigenvalue weighted by atomic mass is 10.2. The van der Waals surface area contributed by atoms with Crippen LogP contribution in [0, 0.1) is 5.92 Å². The molecule has 0 spiro atoms. The number of benzene rings is 1. The monoisotopic (exact) mass is 417 g/mol. The van der Waals surface area contributed by atoms with E-state index in [1.807, 2.05) is 0 Å². The van der Waals surface area contributed by atoms with Gasteiger partial charge in [0.2, 0.25) is 5.91 Å². The Balaban J connectivity index is 1.42. The summed E-state index contributed by atoms with van der Waals surface area (Å²) in [6.45, 7) is 0. The summed E-state index contributed by atoms with van der Waals surface area (Å²) < 4.78 is 0. The lowest BCUT2D eigenvalue weighted by Gasteiger charge is -2.10. The number of H-pyrrole nitrogens is 1. The molecule has 0 aliphatic heterocycles. The van der Waals surface area contributed by atoms with E-state index in [1.54, 1.807) is 30.3 Å². The van der Waals surface area contributed by atoms with Crippen LogP contribution in [-0.4, -0.2) is 37.4 Å². The molecular formula is C17H13Cl2N7O2. The highest BCUT2D eigenvalue weighted by Crippen LogP contribution is 2.46. The molecule has 11 heteroatoms. The first kappa shape index (κ1) is 18.3. The van der Waals surface area contributed by atoms with Gasteiger partial charge in [-0.25, -0.2) is 10.1 Å². The minimum atomic E-state index is -0.459. The number of nitrogens with one attached hydrogen (secondary N) is 3. The summed E-state index contributed by atoms with van der Waals surface area (Å²) in [7, 11) is 0. The lowest BCUT2D eigenvalue weighted by Crippen LogP contribution is -2.17. The SMILES string of the molecule is O=C(Nc1ccnc(NC(=O)[C@@H]2C[C@H]2c2nnn[nH]2)c1)c1c(Cl)cccc1Cl. The molecule has 1 aromatic carbocycles. The fourth-order valence-electron chi connectivity index (χ4n) is 2.81. The smallest absolute Gasteiger partial charge is 0.258 e. The zero-order valence-corrected chi connectivity index (χ0v) is 15.7. The Bertz CT molecular complexity index is 1020. The van der Waals surface area contributed by atoms with E-state index in [4.69, 9.17) is 23.2 Å². The summed E-state index contributed by atoms with van der Waals surface area (Å²) in [6, 6.07) is 7.96. The number of hydrogen-bond acceptors (Lipinski definition) is 6. The summed E-state index contributed by atoms with van der Waals surface area (Å²) in [4.78, 5) is 28.9. The van der Waals surface area contributed by atoms with Crippen LogP contribution in [0.4, 0.5) is 11.5 Å². The van der Waals surface area contributed by atoms with Gasteiger partial charge in [0.1, 0.15) is 5.82 Å². The molecule has 28 heavy (non-hydrogen) atoms. The van der Waals surface area contributed by atoms with Gasteiger partial charge in [-0.05, 0) is 35.0 Å². The van der Waals surface area contributed by atoms with Crippen LogP contribution in [0.15, 0.2) is 36.5 Å². The Morgan fingerprint density at radius 2 is 1.93 bits per heavy atom. The van der Waals surface area contributed by atoms with Crippen molar-refractivity contribution in [2.75, 3.05) is 10.6 Å². The van der Waals surface area contributed by atoms with Crippen LogP contribution >= 0.6 is 23.2 Å². The van der Waals surface area contributed by atoms with Crippen LogP contribution < -0.4 is 10.6 Å². The fourth-order valence-corrected chi connectivity index (χ4v) is 3.38. The van der Waals surface area contributed by atoms with Gasteiger partial charge in [-0.3, -0.25) is 9.59 Å². The molecule has 4 rings (SSSR count). The first-order valence-electron chi connectivity index (χ1n) is 8.29. The summed E-state index contributed by atoms with van der Waals surface area (Å²) >= 11 is 12.1. The molecule has 0 bridgehead atoms. The average molecular weight is 418 g/mol. The van der Waals surface area contributed by atoms with Gasteiger partial charge in [-0.1, -0.05) is 29.3 Å². The van der Waals surface area contributed by atoms with Crippen molar-refractivity contribution in [1.29, 1.82) is 0 Å². The Morgan fingerprint density at radius 1 is 1.14 bits per heavy atom. The highest BCUT2D eigenvalue weighted by molar-refractivity contribution is 6.40. The molecule has 1 fully saturated rings. The maximum absolute atomic E-state index is 12.5. The lowest BCUT2D eigenvalue weighted by molar-refractivity contribution is -0.117. The van der Waals surface area contributed by atoms with Crippen molar-refractivity contribution in [3.8, 4) is 0 Å². The van der Waals surface area contributed by atoms with Crippen molar-refractivity contribution in [1.82, 2.24) is 25.6 Å². The number of anilines is 2. The molecule has 0 radical (unpaired) electrons. The molecular weight excluding hydrogens is 405 g/mol. The average Bonchev–Trinajstić information content (AvgIpc) is 3.27. The largest absolute Gasteiger partial charge is 0.322 e. The van der Waals surface area contributed by atoms with Crippen molar-refractivity contribution in [3.63, 3.8) is 0 Å².